The molecule has 36 heavy (non-hydrogen) atoms. The quantitative estimate of drug-likeness (QED) is 0.565. The molecule has 0 saturated heterocycles. The molecule has 5 rings (SSSR count). The fourth-order valence-corrected chi connectivity index (χ4v) is 5.36. The van der Waals surface area contributed by atoms with Crippen LogP contribution in [0.25, 0.3) is 0 Å². The number of benzene rings is 3. The number of fused-ring (bicyclic) bond motifs is 1. The van der Waals surface area contributed by atoms with Gasteiger partial charge in [-0.15, -0.1) is 0 Å². The number of hydrogen-bond acceptors (Lipinski definition) is 4. The van der Waals surface area contributed by atoms with E-state index >= 15 is 0 Å². The molecule has 3 aromatic carbocycles. The first kappa shape index (κ1) is 23.8. The zero-order valence-electron chi connectivity index (χ0n) is 20.9. The van der Waals surface area contributed by atoms with Crippen molar-refractivity contribution in [2.24, 2.45) is 16.6 Å². The second kappa shape index (κ2) is 9.61. The van der Waals surface area contributed by atoms with E-state index in [0.29, 0.717) is 25.1 Å². The summed E-state index contributed by atoms with van der Waals surface area (Å²) in [4.78, 5) is 35.3. The summed E-state index contributed by atoms with van der Waals surface area (Å²) in [5.41, 5.74) is 10.1. The van der Waals surface area contributed by atoms with Crippen LogP contribution in [-0.2, 0) is 29.8 Å². The van der Waals surface area contributed by atoms with E-state index in [1.54, 1.807) is 4.90 Å². The molecule has 2 amide bonds. The number of carbonyl (C=O) groups excluding carboxylic acids is 2. The highest BCUT2D eigenvalue weighted by Gasteiger charge is 2.49. The van der Waals surface area contributed by atoms with E-state index < -0.39 is 5.54 Å². The van der Waals surface area contributed by atoms with E-state index in [4.69, 9.17) is 10.7 Å². The molecular formula is C30H32N4O2. The summed E-state index contributed by atoms with van der Waals surface area (Å²) in [5, 5.41) is 0. The van der Waals surface area contributed by atoms with Crippen LogP contribution in [0, 0.1) is 5.92 Å². The van der Waals surface area contributed by atoms with E-state index in [2.05, 4.69) is 26.0 Å². The fraction of sp³-hybridized carbons (Fsp3) is 0.300. The third kappa shape index (κ3) is 4.39. The van der Waals surface area contributed by atoms with Gasteiger partial charge in [0, 0.05) is 18.7 Å². The molecule has 0 aliphatic carbocycles. The average molecular weight is 481 g/mol. The SMILES string of the molecule is CC(C)CC1(c2ccccc2)N=C(N)N(Cc2cccc(C(=O)N3CCc4ccccc4C3)c2)C1=O. The topological polar surface area (TPSA) is 79.0 Å². The number of aliphatic imine (C=N–C) groups is 1. The van der Waals surface area contributed by atoms with Crippen molar-refractivity contribution in [2.75, 3.05) is 6.54 Å². The van der Waals surface area contributed by atoms with E-state index in [0.717, 1.165) is 17.5 Å². The number of nitrogens with two attached hydrogens (primary N) is 1. The summed E-state index contributed by atoms with van der Waals surface area (Å²) in [6.07, 6.45) is 1.43. The van der Waals surface area contributed by atoms with Gasteiger partial charge in [-0.25, -0.2) is 4.99 Å². The van der Waals surface area contributed by atoms with Gasteiger partial charge in [-0.2, -0.15) is 0 Å². The van der Waals surface area contributed by atoms with Crippen molar-refractivity contribution in [3.8, 4) is 0 Å². The van der Waals surface area contributed by atoms with Crippen LogP contribution in [0.3, 0.4) is 0 Å². The van der Waals surface area contributed by atoms with Gasteiger partial charge in [0.15, 0.2) is 11.5 Å². The Kier molecular flexibility index (Phi) is 6.35. The van der Waals surface area contributed by atoms with E-state index in [1.807, 2.05) is 71.6 Å². The number of rotatable bonds is 6. The molecule has 6 nitrogen and oxygen atoms in total. The summed E-state index contributed by atoms with van der Waals surface area (Å²) < 4.78 is 0. The number of guanidine groups is 1. The summed E-state index contributed by atoms with van der Waals surface area (Å²) in [7, 11) is 0. The maximum Gasteiger partial charge on any atom is 0.262 e. The fourth-order valence-electron chi connectivity index (χ4n) is 5.36. The second-order valence-corrected chi connectivity index (χ2v) is 10.1. The molecule has 2 aliphatic heterocycles. The molecule has 0 bridgehead atoms. The van der Waals surface area contributed by atoms with Crippen LogP contribution in [-0.4, -0.2) is 34.1 Å². The van der Waals surface area contributed by atoms with Crippen LogP contribution >= 0.6 is 0 Å². The van der Waals surface area contributed by atoms with Crippen molar-refractivity contribution in [1.82, 2.24) is 9.80 Å². The maximum absolute atomic E-state index is 13.8. The average Bonchev–Trinajstić information content (AvgIpc) is 3.13. The van der Waals surface area contributed by atoms with Gasteiger partial charge in [-0.1, -0.05) is 80.6 Å². The molecule has 0 fully saturated rings. The minimum absolute atomic E-state index is 0.000759. The second-order valence-electron chi connectivity index (χ2n) is 10.1. The van der Waals surface area contributed by atoms with Gasteiger partial charge in [0.05, 0.1) is 6.54 Å². The van der Waals surface area contributed by atoms with Gasteiger partial charge in [-0.05, 0) is 53.1 Å². The molecule has 0 spiro atoms. The van der Waals surface area contributed by atoms with E-state index in [1.165, 1.54) is 11.1 Å². The number of nitrogens with zero attached hydrogens (tertiary/aromatic N) is 3. The minimum Gasteiger partial charge on any atom is -0.369 e. The molecule has 1 atom stereocenters. The highest BCUT2D eigenvalue weighted by molar-refractivity contribution is 6.07. The lowest BCUT2D eigenvalue weighted by Crippen LogP contribution is -2.43. The maximum atomic E-state index is 13.8. The van der Waals surface area contributed by atoms with E-state index in [-0.39, 0.29) is 30.2 Å². The molecule has 0 saturated carbocycles. The molecule has 2 aliphatic rings. The van der Waals surface area contributed by atoms with Crippen LogP contribution in [0.5, 0.6) is 0 Å². The standard InChI is InChI=1S/C30H32N4O2/c1-21(2)18-30(26-13-4-3-5-14-26)28(36)34(29(31)32-30)19-22-9-8-12-24(17-22)27(35)33-16-15-23-10-6-7-11-25(23)20-33/h3-14,17,21H,15-16,18-20H2,1-2H3,(H2,31,32). The largest absolute Gasteiger partial charge is 0.369 e. The highest BCUT2D eigenvalue weighted by Crippen LogP contribution is 2.39. The van der Waals surface area contributed by atoms with Crippen molar-refractivity contribution < 1.29 is 9.59 Å². The summed E-state index contributed by atoms with van der Waals surface area (Å²) >= 11 is 0. The van der Waals surface area contributed by atoms with Crippen LogP contribution < -0.4 is 5.73 Å². The van der Waals surface area contributed by atoms with Crippen molar-refractivity contribution in [3.63, 3.8) is 0 Å². The lowest BCUT2D eigenvalue weighted by atomic mass is 9.82. The van der Waals surface area contributed by atoms with Gasteiger partial charge in [-0.3, -0.25) is 14.5 Å². The highest BCUT2D eigenvalue weighted by atomic mass is 16.2. The molecule has 1 unspecified atom stereocenters. The third-order valence-electron chi connectivity index (χ3n) is 7.07. The Balaban J connectivity index is 1.37. The van der Waals surface area contributed by atoms with Crippen molar-refractivity contribution in [3.05, 3.63) is 107 Å². The normalized spacial score (nSPS) is 19.4. The van der Waals surface area contributed by atoms with Gasteiger partial charge in [0.1, 0.15) is 0 Å². The van der Waals surface area contributed by atoms with Gasteiger partial charge >= 0.3 is 0 Å². The lowest BCUT2D eigenvalue weighted by Gasteiger charge is -2.29. The van der Waals surface area contributed by atoms with Crippen LogP contribution in [0.1, 0.15) is 52.9 Å². The number of amides is 2. The molecule has 0 aromatic heterocycles. The zero-order chi connectivity index (χ0) is 25.3. The monoisotopic (exact) mass is 480 g/mol. The zero-order valence-corrected chi connectivity index (χ0v) is 20.9. The summed E-state index contributed by atoms with van der Waals surface area (Å²) in [5.74, 6) is 0.346. The molecule has 184 valence electrons. The van der Waals surface area contributed by atoms with Gasteiger partial charge < -0.3 is 10.6 Å². The molecule has 0 radical (unpaired) electrons. The first-order valence-corrected chi connectivity index (χ1v) is 12.6. The van der Waals surface area contributed by atoms with Crippen molar-refractivity contribution >= 4 is 17.8 Å². The van der Waals surface area contributed by atoms with Gasteiger partial charge in [0.2, 0.25) is 0 Å². The first-order valence-electron chi connectivity index (χ1n) is 12.6. The molecule has 3 aromatic rings. The van der Waals surface area contributed by atoms with Crippen molar-refractivity contribution in [1.29, 1.82) is 0 Å². The lowest BCUT2D eigenvalue weighted by molar-refractivity contribution is -0.132. The predicted molar refractivity (Wildman–Crippen MR) is 141 cm³/mol. The van der Waals surface area contributed by atoms with Crippen LogP contribution in [0.15, 0.2) is 83.9 Å². The smallest absolute Gasteiger partial charge is 0.262 e. The number of carbonyl (C=O) groups is 2. The molecule has 2 heterocycles. The van der Waals surface area contributed by atoms with E-state index in [9.17, 15) is 9.59 Å². The Morgan fingerprint density at radius 2 is 1.72 bits per heavy atom. The predicted octanol–water partition coefficient (Wildman–Crippen LogP) is 4.48. The summed E-state index contributed by atoms with van der Waals surface area (Å²) in [6.45, 7) is 5.74. The van der Waals surface area contributed by atoms with Gasteiger partial charge in [0.25, 0.3) is 11.8 Å². The Morgan fingerprint density at radius 3 is 2.47 bits per heavy atom. The Hall–Kier alpha value is -3.93. The van der Waals surface area contributed by atoms with Crippen LogP contribution in [0.4, 0.5) is 0 Å². The number of hydrogen-bond donors (Lipinski definition) is 1. The molecule has 2 N–H and O–H groups in total. The third-order valence-corrected chi connectivity index (χ3v) is 7.07. The first-order chi connectivity index (χ1) is 17.4. The molecule has 6 heteroatoms. The van der Waals surface area contributed by atoms with Crippen LogP contribution in [0.2, 0.25) is 0 Å². The molecular weight excluding hydrogens is 448 g/mol. The summed E-state index contributed by atoms with van der Waals surface area (Å²) in [6, 6.07) is 25.4. The Bertz CT molecular complexity index is 1320. The minimum atomic E-state index is -1.02. The Labute approximate surface area is 212 Å². The Morgan fingerprint density at radius 1 is 1.00 bits per heavy atom. The van der Waals surface area contributed by atoms with Crippen molar-refractivity contribution in [2.45, 2.75) is 45.3 Å².